The van der Waals surface area contributed by atoms with E-state index < -0.39 is 5.54 Å². The van der Waals surface area contributed by atoms with Crippen LogP contribution >= 0.6 is 0 Å². The van der Waals surface area contributed by atoms with Gasteiger partial charge in [-0.15, -0.1) is 6.42 Å². The van der Waals surface area contributed by atoms with E-state index >= 15 is 0 Å². The highest BCUT2D eigenvalue weighted by Gasteiger charge is 2.44. The predicted octanol–water partition coefficient (Wildman–Crippen LogP) is 2.34. The Labute approximate surface area is 138 Å². The summed E-state index contributed by atoms with van der Waals surface area (Å²) in [5.41, 5.74) is 7.28. The normalized spacial score (nSPS) is 27.5. The summed E-state index contributed by atoms with van der Waals surface area (Å²) < 4.78 is 0. The van der Waals surface area contributed by atoms with E-state index in [0.717, 1.165) is 62.9 Å². The number of hydrogen-bond acceptors (Lipinski definition) is 3. The van der Waals surface area contributed by atoms with Crippen LogP contribution in [0.1, 0.15) is 44.1 Å². The van der Waals surface area contributed by atoms with Crippen LogP contribution in [-0.4, -0.2) is 35.5 Å². The molecule has 3 rings (SSSR count). The average molecular weight is 311 g/mol. The largest absolute Gasteiger partial charge is 0.371 e. The van der Waals surface area contributed by atoms with Gasteiger partial charge in [0.15, 0.2) is 0 Å². The van der Waals surface area contributed by atoms with E-state index in [1.165, 1.54) is 0 Å². The lowest BCUT2D eigenvalue weighted by Gasteiger charge is -2.41. The molecule has 1 saturated heterocycles. The molecule has 2 fully saturated rings. The van der Waals surface area contributed by atoms with E-state index in [-0.39, 0.29) is 11.9 Å². The van der Waals surface area contributed by atoms with E-state index in [1.54, 1.807) is 0 Å². The Balaban J connectivity index is 1.85. The van der Waals surface area contributed by atoms with Gasteiger partial charge >= 0.3 is 0 Å². The van der Waals surface area contributed by atoms with Crippen LogP contribution in [-0.2, 0) is 4.79 Å². The molecule has 1 saturated carbocycles. The number of likely N-dealkylation sites (tertiary alicyclic amines) is 1. The van der Waals surface area contributed by atoms with Gasteiger partial charge in [-0.3, -0.25) is 4.79 Å². The first-order chi connectivity index (χ1) is 11.1. The van der Waals surface area contributed by atoms with Crippen LogP contribution in [0.3, 0.4) is 0 Å². The molecule has 1 heterocycles. The number of carbonyl (C=O) groups excluding carboxylic acids is 1. The number of nitrogens with two attached hydrogens (primary N) is 1. The van der Waals surface area contributed by atoms with Gasteiger partial charge in [0.25, 0.3) is 0 Å². The van der Waals surface area contributed by atoms with Gasteiger partial charge in [0.1, 0.15) is 5.54 Å². The first-order valence-electron chi connectivity index (χ1n) is 8.53. The second-order valence-corrected chi connectivity index (χ2v) is 6.77. The lowest BCUT2D eigenvalue weighted by atomic mass is 9.78. The maximum Gasteiger partial charge on any atom is 0.248 e. The van der Waals surface area contributed by atoms with E-state index in [9.17, 15) is 4.79 Å². The van der Waals surface area contributed by atoms with Crippen molar-refractivity contribution in [1.82, 2.24) is 4.90 Å². The van der Waals surface area contributed by atoms with Crippen molar-refractivity contribution >= 4 is 11.6 Å². The number of carbonyl (C=O) groups is 1. The summed E-state index contributed by atoms with van der Waals surface area (Å²) in [5.74, 6) is 2.88. The molecule has 0 bridgehead atoms. The Kier molecular flexibility index (Phi) is 4.58. The number of amides is 1. The Morgan fingerprint density at radius 3 is 2.65 bits per heavy atom. The van der Waals surface area contributed by atoms with Crippen molar-refractivity contribution in [3.05, 3.63) is 29.8 Å². The maximum atomic E-state index is 13.2. The topological polar surface area (TPSA) is 58.4 Å². The molecule has 1 aromatic carbocycles. The van der Waals surface area contributed by atoms with Gasteiger partial charge in [-0.05, 0) is 56.7 Å². The molecule has 4 heteroatoms. The third kappa shape index (κ3) is 3.35. The molecule has 122 valence electrons. The molecule has 0 spiro atoms. The molecule has 2 aliphatic rings. The molecule has 0 aromatic heterocycles. The van der Waals surface area contributed by atoms with E-state index in [0.29, 0.717) is 0 Å². The molecule has 23 heavy (non-hydrogen) atoms. The van der Waals surface area contributed by atoms with Crippen molar-refractivity contribution in [3.63, 3.8) is 0 Å². The number of nitrogens with zero attached hydrogens (tertiary/aromatic N) is 1. The summed E-state index contributed by atoms with van der Waals surface area (Å²) >= 11 is 0. The molecule has 1 aliphatic carbocycles. The Bertz CT molecular complexity index is 605. The highest BCUT2D eigenvalue weighted by molar-refractivity contribution is 5.90. The van der Waals surface area contributed by atoms with Crippen LogP contribution in [0.2, 0.25) is 0 Å². The van der Waals surface area contributed by atoms with Crippen LogP contribution in [0.25, 0.3) is 0 Å². The quantitative estimate of drug-likeness (QED) is 0.843. The van der Waals surface area contributed by atoms with Crippen LogP contribution in [0.5, 0.6) is 0 Å². The maximum absolute atomic E-state index is 13.2. The van der Waals surface area contributed by atoms with Crippen LogP contribution in [0.4, 0.5) is 5.69 Å². The molecule has 0 radical (unpaired) electrons. The molecular formula is C19H25N3O. The first-order valence-corrected chi connectivity index (χ1v) is 8.53. The number of anilines is 1. The zero-order valence-electron chi connectivity index (χ0n) is 13.6. The number of benzene rings is 1. The summed E-state index contributed by atoms with van der Waals surface area (Å²) in [5, 5.41) is 3.52. The summed E-state index contributed by atoms with van der Waals surface area (Å²) in [4.78, 5) is 15.2. The fraction of sp³-hybridized carbons (Fsp3) is 0.526. The number of terminal acetylenes is 1. The van der Waals surface area contributed by atoms with Crippen molar-refractivity contribution in [1.29, 1.82) is 0 Å². The van der Waals surface area contributed by atoms with Crippen molar-refractivity contribution in [2.45, 2.75) is 50.1 Å². The van der Waals surface area contributed by atoms with Crippen LogP contribution in [0.15, 0.2) is 24.3 Å². The Morgan fingerprint density at radius 1 is 1.30 bits per heavy atom. The minimum Gasteiger partial charge on any atom is -0.371 e. The fourth-order valence-corrected chi connectivity index (χ4v) is 3.71. The molecule has 4 nitrogen and oxygen atoms in total. The van der Waals surface area contributed by atoms with Crippen molar-refractivity contribution in [2.75, 3.05) is 18.4 Å². The van der Waals surface area contributed by atoms with Gasteiger partial charge in [0.05, 0.1) is 0 Å². The highest BCUT2D eigenvalue weighted by Crippen LogP contribution is 2.34. The van der Waals surface area contributed by atoms with Gasteiger partial charge in [-0.2, -0.15) is 0 Å². The van der Waals surface area contributed by atoms with Gasteiger partial charge in [0, 0.05) is 30.4 Å². The zero-order valence-corrected chi connectivity index (χ0v) is 13.6. The zero-order chi connectivity index (χ0) is 16.3. The Morgan fingerprint density at radius 2 is 2.00 bits per heavy atom. The highest BCUT2D eigenvalue weighted by atomic mass is 16.2. The average Bonchev–Trinajstić information content (AvgIpc) is 3.11. The standard InChI is InChI=1S/C19H25N3O/c1-2-15-6-5-7-17(14-15)21-19(10-8-16(20)9-11-19)18(23)22-12-3-4-13-22/h1,5-7,14,16,21H,3-4,8-13,20H2. The second-order valence-electron chi connectivity index (χ2n) is 6.77. The monoisotopic (exact) mass is 311 g/mol. The smallest absolute Gasteiger partial charge is 0.248 e. The second kappa shape index (κ2) is 6.64. The third-order valence-electron chi connectivity index (χ3n) is 5.10. The molecule has 1 aromatic rings. The van der Waals surface area contributed by atoms with Gasteiger partial charge in [-0.25, -0.2) is 0 Å². The molecular weight excluding hydrogens is 286 g/mol. The SMILES string of the molecule is C#Cc1cccc(NC2(C(=O)N3CCCC3)CCC(N)CC2)c1. The molecule has 1 amide bonds. The summed E-state index contributed by atoms with van der Waals surface area (Å²) in [6, 6.07) is 7.95. The lowest BCUT2D eigenvalue weighted by Crippen LogP contribution is -2.56. The minimum absolute atomic E-state index is 0.202. The summed E-state index contributed by atoms with van der Waals surface area (Å²) in [7, 11) is 0. The first kappa shape index (κ1) is 15.9. The van der Waals surface area contributed by atoms with Crippen molar-refractivity contribution in [2.24, 2.45) is 5.73 Å². The molecule has 0 unspecified atom stereocenters. The molecule has 1 aliphatic heterocycles. The van der Waals surface area contributed by atoms with Gasteiger partial charge in [0.2, 0.25) is 5.91 Å². The van der Waals surface area contributed by atoms with Crippen LogP contribution in [0, 0.1) is 12.3 Å². The predicted molar refractivity (Wildman–Crippen MR) is 93.0 cm³/mol. The van der Waals surface area contributed by atoms with Crippen LogP contribution < -0.4 is 11.1 Å². The summed E-state index contributed by atoms with van der Waals surface area (Å²) in [6.45, 7) is 1.75. The molecule has 3 N–H and O–H groups in total. The van der Waals surface area contributed by atoms with Gasteiger partial charge < -0.3 is 16.0 Å². The van der Waals surface area contributed by atoms with E-state index in [2.05, 4.69) is 11.2 Å². The number of rotatable bonds is 3. The lowest BCUT2D eigenvalue weighted by molar-refractivity contribution is -0.136. The fourth-order valence-electron chi connectivity index (χ4n) is 3.71. The number of nitrogens with one attached hydrogen (secondary N) is 1. The summed E-state index contributed by atoms with van der Waals surface area (Å²) in [6.07, 6.45) is 11.0. The van der Waals surface area contributed by atoms with Crippen molar-refractivity contribution in [3.8, 4) is 12.3 Å². The van der Waals surface area contributed by atoms with Crippen molar-refractivity contribution < 1.29 is 4.79 Å². The third-order valence-corrected chi connectivity index (χ3v) is 5.10. The molecule has 0 atom stereocenters. The minimum atomic E-state index is -0.534. The van der Waals surface area contributed by atoms with Gasteiger partial charge in [-0.1, -0.05) is 12.0 Å². The van der Waals surface area contributed by atoms with E-state index in [4.69, 9.17) is 12.2 Å². The number of hydrogen-bond donors (Lipinski definition) is 2. The van der Waals surface area contributed by atoms with E-state index in [1.807, 2.05) is 29.2 Å². The Hall–Kier alpha value is -1.99.